The number of rotatable bonds is 2. The summed E-state index contributed by atoms with van der Waals surface area (Å²) in [5.41, 5.74) is 5.30. The number of nitrogens with zero attached hydrogens (tertiary/aromatic N) is 1. The van der Waals surface area contributed by atoms with Crippen molar-refractivity contribution in [3.8, 4) is 0 Å². The van der Waals surface area contributed by atoms with Crippen molar-refractivity contribution in [2.24, 2.45) is 5.73 Å². The van der Waals surface area contributed by atoms with E-state index in [9.17, 15) is 9.59 Å². The molecular formula is C7H14N2O2. The number of imide groups is 1. The second kappa shape index (κ2) is 4.08. The molecule has 2 amide bonds. The Hall–Kier alpha value is -0.900. The number of carbonyl (C=O) groups is 2. The summed E-state index contributed by atoms with van der Waals surface area (Å²) in [7, 11) is 0. The molecule has 0 aromatic rings. The lowest BCUT2D eigenvalue weighted by atomic mass is 10.3. The third-order valence-electron chi connectivity index (χ3n) is 1.46. The van der Waals surface area contributed by atoms with Crippen molar-refractivity contribution >= 4 is 11.8 Å². The zero-order valence-electron chi connectivity index (χ0n) is 7.13. The molecule has 2 N–H and O–H groups in total. The van der Waals surface area contributed by atoms with E-state index >= 15 is 0 Å². The number of nitrogens with two attached hydrogens (primary N) is 1. The maximum absolute atomic E-state index is 10.8. The van der Waals surface area contributed by atoms with Gasteiger partial charge in [0.25, 0.3) is 0 Å². The SMILES string of the molecule is CC(=O)N(C(C)=O)C(C)CN. The van der Waals surface area contributed by atoms with Gasteiger partial charge in [0.2, 0.25) is 11.8 Å². The van der Waals surface area contributed by atoms with Gasteiger partial charge in [0.05, 0.1) is 0 Å². The quantitative estimate of drug-likeness (QED) is 0.601. The zero-order valence-corrected chi connectivity index (χ0v) is 7.13. The largest absolute Gasteiger partial charge is 0.328 e. The Balaban J connectivity index is 4.34. The van der Waals surface area contributed by atoms with Gasteiger partial charge in [0.15, 0.2) is 0 Å². The maximum atomic E-state index is 10.8. The first-order valence-corrected chi connectivity index (χ1v) is 3.51. The Morgan fingerprint density at radius 2 is 1.73 bits per heavy atom. The van der Waals surface area contributed by atoms with Gasteiger partial charge in [-0.05, 0) is 6.92 Å². The lowest BCUT2D eigenvalue weighted by Gasteiger charge is -2.23. The molecule has 0 fully saturated rings. The summed E-state index contributed by atoms with van der Waals surface area (Å²) in [6, 6.07) is -0.204. The third kappa shape index (κ3) is 2.67. The summed E-state index contributed by atoms with van der Waals surface area (Å²) in [4.78, 5) is 22.8. The number of carbonyl (C=O) groups excluding carboxylic acids is 2. The third-order valence-corrected chi connectivity index (χ3v) is 1.46. The Morgan fingerprint density at radius 1 is 1.36 bits per heavy atom. The highest BCUT2D eigenvalue weighted by Gasteiger charge is 2.18. The zero-order chi connectivity index (χ0) is 9.02. The van der Waals surface area contributed by atoms with Crippen LogP contribution in [-0.2, 0) is 9.59 Å². The fourth-order valence-electron chi connectivity index (χ4n) is 0.948. The minimum atomic E-state index is -0.254. The highest BCUT2D eigenvalue weighted by atomic mass is 16.2. The van der Waals surface area contributed by atoms with Gasteiger partial charge in [0, 0.05) is 26.4 Å². The molecule has 0 bridgehead atoms. The van der Waals surface area contributed by atoms with Gasteiger partial charge in [-0.2, -0.15) is 0 Å². The molecule has 4 nitrogen and oxygen atoms in total. The lowest BCUT2D eigenvalue weighted by Crippen LogP contribution is -2.44. The first-order valence-electron chi connectivity index (χ1n) is 3.51. The van der Waals surface area contributed by atoms with Gasteiger partial charge in [-0.25, -0.2) is 0 Å². The minimum absolute atomic E-state index is 0.204. The molecule has 1 atom stereocenters. The van der Waals surface area contributed by atoms with Crippen LogP contribution in [0.1, 0.15) is 20.8 Å². The smallest absolute Gasteiger partial charge is 0.226 e. The normalized spacial score (nSPS) is 12.4. The highest BCUT2D eigenvalue weighted by molar-refractivity contribution is 5.93. The molecule has 0 radical (unpaired) electrons. The van der Waals surface area contributed by atoms with Crippen molar-refractivity contribution in [2.45, 2.75) is 26.8 Å². The van der Waals surface area contributed by atoms with Crippen LogP contribution in [0.25, 0.3) is 0 Å². The Morgan fingerprint density at radius 3 is 1.82 bits per heavy atom. The Bertz CT molecular complexity index is 154. The lowest BCUT2D eigenvalue weighted by molar-refractivity contribution is -0.144. The van der Waals surface area contributed by atoms with Crippen LogP contribution in [0.5, 0.6) is 0 Å². The summed E-state index contributed by atoms with van der Waals surface area (Å²) in [6.45, 7) is 4.75. The van der Waals surface area contributed by atoms with Gasteiger partial charge in [-0.3, -0.25) is 14.5 Å². The molecule has 0 heterocycles. The molecule has 0 aliphatic carbocycles. The minimum Gasteiger partial charge on any atom is -0.328 e. The molecule has 0 saturated carbocycles. The highest BCUT2D eigenvalue weighted by Crippen LogP contribution is 1.98. The monoisotopic (exact) mass is 158 g/mol. The fourth-order valence-corrected chi connectivity index (χ4v) is 0.948. The molecule has 0 aliphatic heterocycles. The Kier molecular flexibility index (Phi) is 3.74. The van der Waals surface area contributed by atoms with E-state index in [0.717, 1.165) is 4.90 Å². The van der Waals surface area contributed by atoms with Crippen molar-refractivity contribution in [3.05, 3.63) is 0 Å². The summed E-state index contributed by atoms with van der Waals surface area (Å²) in [6.07, 6.45) is 0. The van der Waals surface area contributed by atoms with Gasteiger partial charge < -0.3 is 5.73 Å². The molecule has 0 saturated heterocycles. The van der Waals surface area contributed by atoms with Crippen molar-refractivity contribution in [1.29, 1.82) is 0 Å². The van der Waals surface area contributed by atoms with E-state index in [2.05, 4.69) is 0 Å². The molecule has 0 aromatic heterocycles. The van der Waals surface area contributed by atoms with E-state index in [0.29, 0.717) is 6.54 Å². The van der Waals surface area contributed by atoms with Crippen LogP contribution >= 0.6 is 0 Å². The van der Waals surface area contributed by atoms with Crippen LogP contribution in [-0.4, -0.2) is 29.3 Å². The number of hydrogen-bond acceptors (Lipinski definition) is 3. The van der Waals surface area contributed by atoms with E-state index in [1.807, 2.05) is 0 Å². The first kappa shape index (κ1) is 10.1. The van der Waals surface area contributed by atoms with Gasteiger partial charge in [-0.1, -0.05) is 0 Å². The standard InChI is InChI=1S/C7H14N2O2/c1-5(4-8)9(6(2)10)7(3)11/h5H,4,8H2,1-3H3. The molecule has 11 heavy (non-hydrogen) atoms. The number of amides is 2. The summed E-state index contributed by atoms with van der Waals surface area (Å²) >= 11 is 0. The molecule has 0 rings (SSSR count). The van der Waals surface area contributed by atoms with E-state index < -0.39 is 0 Å². The second-order valence-electron chi connectivity index (χ2n) is 2.49. The van der Waals surface area contributed by atoms with Crippen LogP contribution < -0.4 is 5.73 Å². The summed E-state index contributed by atoms with van der Waals surface area (Å²) in [5.74, 6) is -0.508. The van der Waals surface area contributed by atoms with Crippen molar-refractivity contribution in [3.63, 3.8) is 0 Å². The molecule has 1 unspecified atom stereocenters. The van der Waals surface area contributed by atoms with Gasteiger partial charge >= 0.3 is 0 Å². The fraction of sp³-hybridized carbons (Fsp3) is 0.714. The maximum Gasteiger partial charge on any atom is 0.226 e. The van der Waals surface area contributed by atoms with Crippen LogP contribution in [0.2, 0.25) is 0 Å². The topological polar surface area (TPSA) is 63.4 Å². The molecule has 0 spiro atoms. The van der Waals surface area contributed by atoms with Gasteiger partial charge in [-0.15, -0.1) is 0 Å². The van der Waals surface area contributed by atoms with Crippen LogP contribution in [0, 0.1) is 0 Å². The van der Waals surface area contributed by atoms with E-state index in [-0.39, 0.29) is 17.9 Å². The van der Waals surface area contributed by atoms with Crippen LogP contribution in [0.4, 0.5) is 0 Å². The van der Waals surface area contributed by atoms with Crippen molar-refractivity contribution in [1.82, 2.24) is 4.90 Å². The predicted molar refractivity (Wildman–Crippen MR) is 41.7 cm³/mol. The van der Waals surface area contributed by atoms with E-state index in [4.69, 9.17) is 5.73 Å². The number of hydrogen-bond donors (Lipinski definition) is 1. The Labute approximate surface area is 66.4 Å². The molecule has 4 heteroatoms. The predicted octanol–water partition coefficient (Wildman–Crippen LogP) is -0.271. The van der Waals surface area contributed by atoms with Crippen LogP contribution in [0.3, 0.4) is 0 Å². The molecule has 0 aromatic carbocycles. The molecule has 64 valence electrons. The van der Waals surface area contributed by atoms with Crippen molar-refractivity contribution < 1.29 is 9.59 Å². The first-order chi connectivity index (χ1) is 5.00. The average molecular weight is 158 g/mol. The molecular weight excluding hydrogens is 144 g/mol. The van der Waals surface area contributed by atoms with Crippen molar-refractivity contribution in [2.75, 3.05) is 6.54 Å². The van der Waals surface area contributed by atoms with E-state index in [1.54, 1.807) is 6.92 Å². The summed E-state index contributed by atoms with van der Waals surface area (Å²) < 4.78 is 0. The van der Waals surface area contributed by atoms with Crippen LogP contribution in [0.15, 0.2) is 0 Å². The molecule has 0 aliphatic rings. The second-order valence-corrected chi connectivity index (χ2v) is 2.49. The average Bonchev–Trinajstić information content (AvgIpc) is 1.85. The summed E-state index contributed by atoms with van der Waals surface area (Å²) in [5, 5.41) is 0. The van der Waals surface area contributed by atoms with Gasteiger partial charge in [0.1, 0.15) is 0 Å². The van der Waals surface area contributed by atoms with E-state index in [1.165, 1.54) is 13.8 Å².